The van der Waals surface area contributed by atoms with Gasteiger partial charge in [-0.25, -0.2) is 4.79 Å². The molecule has 0 aliphatic rings. The van der Waals surface area contributed by atoms with Crippen molar-refractivity contribution < 1.29 is 9.53 Å². The number of methoxy groups -OCH3 is 1. The lowest BCUT2D eigenvalue weighted by atomic mass is 10.0. The molecule has 0 saturated carbocycles. The monoisotopic (exact) mass is 295 g/mol. The molecule has 0 saturated heterocycles. The first kappa shape index (κ1) is 16.0. The number of hydrogen-bond acceptors (Lipinski definition) is 3. The first-order valence-corrected chi connectivity index (χ1v) is 7.28. The Balaban J connectivity index is 2.32. The van der Waals surface area contributed by atoms with Gasteiger partial charge >= 0.3 is 5.97 Å². The van der Waals surface area contributed by atoms with Crippen LogP contribution in [-0.2, 0) is 16.1 Å². The van der Waals surface area contributed by atoms with Gasteiger partial charge in [-0.15, -0.1) is 6.58 Å². The quantitative estimate of drug-likeness (QED) is 0.577. The minimum Gasteiger partial charge on any atom is -0.468 e. The van der Waals surface area contributed by atoms with E-state index in [-0.39, 0.29) is 5.97 Å². The van der Waals surface area contributed by atoms with Gasteiger partial charge in [0, 0.05) is 13.1 Å². The third kappa shape index (κ3) is 4.06. The Morgan fingerprint density at radius 1 is 1.14 bits per heavy atom. The van der Waals surface area contributed by atoms with Gasteiger partial charge in [0.05, 0.1) is 7.11 Å². The van der Waals surface area contributed by atoms with E-state index in [0.717, 1.165) is 11.1 Å². The summed E-state index contributed by atoms with van der Waals surface area (Å²) in [7, 11) is 1.42. The molecule has 2 rings (SSSR count). The van der Waals surface area contributed by atoms with Gasteiger partial charge in [-0.05, 0) is 11.1 Å². The number of nitrogens with zero attached hydrogens (tertiary/aromatic N) is 1. The Bertz CT molecular complexity index is 595. The van der Waals surface area contributed by atoms with E-state index in [1.807, 2.05) is 54.6 Å². The molecule has 0 radical (unpaired) electrons. The molecule has 0 spiro atoms. The molecule has 0 heterocycles. The topological polar surface area (TPSA) is 29.5 Å². The van der Waals surface area contributed by atoms with E-state index in [4.69, 9.17) is 4.74 Å². The summed E-state index contributed by atoms with van der Waals surface area (Å²) < 4.78 is 5.02. The minimum atomic E-state index is -0.440. The van der Waals surface area contributed by atoms with Gasteiger partial charge in [-0.3, -0.25) is 4.90 Å². The maximum Gasteiger partial charge on any atom is 0.327 e. The van der Waals surface area contributed by atoms with Crippen molar-refractivity contribution in [2.24, 2.45) is 0 Å². The van der Waals surface area contributed by atoms with Gasteiger partial charge < -0.3 is 4.74 Å². The molecule has 3 heteroatoms. The third-order valence-corrected chi connectivity index (χ3v) is 3.50. The van der Waals surface area contributed by atoms with E-state index in [1.54, 1.807) is 0 Å². The molecule has 0 bridgehead atoms. The number of benzene rings is 2. The van der Waals surface area contributed by atoms with Crippen LogP contribution in [-0.4, -0.2) is 24.5 Å². The molecule has 0 aliphatic heterocycles. The molecule has 2 aromatic rings. The van der Waals surface area contributed by atoms with Crippen LogP contribution in [0.3, 0.4) is 0 Å². The van der Waals surface area contributed by atoms with E-state index >= 15 is 0 Å². The second-order valence-corrected chi connectivity index (χ2v) is 5.04. The van der Waals surface area contributed by atoms with Crippen molar-refractivity contribution in [3.63, 3.8) is 0 Å². The summed E-state index contributed by atoms with van der Waals surface area (Å²) in [5.41, 5.74) is 2.07. The van der Waals surface area contributed by atoms with E-state index in [2.05, 4.69) is 23.6 Å². The summed E-state index contributed by atoms with van der Waals surface area (Å²) in [6.45, 7) is 5.06. The van der Waals surface area contributed by atoms with Gasteiger partial charge in [0.15, 0.2) is 0 Å². The molecule has 114 valence electrons. The SMILES string of the molecule is C=CCN(Cc1ccccc1)C(C(=O)OC)c1ccccc1. The molecule has 0 aromatic heterocycles. The first-order valence-electron chi connectivity index (χ1n) is 7.28. The fraction of sp³-hybridized carbons (Fsp3) is 0.211. The van der Waals surface area contributed by atoms with Crippen molar-refractivity contribution in [2.75, 3.05) is 13.7 Å². The number of hydrogen-bond donors (Lipinski definition) is 0. The van der Waals surface area contributed by atoms with Crippen LogP contribution < -0.4 is 0 Å². The number of ether oxygens (including phenoxy) is 1. The zero-order valence-electron chi connectivity index (χ0n) is 12.8. The van der Waals surface area contributed by atoms with Crippen LogP contribution in [0.25, 0.3) is 0 Å². The molecule has 22 heavy (non-hydrogen) atoms. The van der Waals surface area contributed by atoms with Crippen molar-refractivity contribution >= 4 is 5.97 Å². The molecule has 0 fully saturated rings. The molecule has 1 atom stereocenters. The second-order valence-electron chi connectivity index (χ2n) is 5.04. The predicted octanol–water partition coefficient (Wildman–Crippen LogP) is 3.59. The van der Waals surface area contributed by atoms with Crippen LogP contribution in [0.15, 0.2) is 73.3 Å². The summed E-state index contributed by atoms with van der Waals surface area (Å²) in [4.78, 5) is 14.4. The van der Waals surface area contributed by atoms with Crippen molar-refractivity contribution in [1.82, 2.24) is 4.90 Å². The maximum absolute atomic E-state index is 12.3. The van der Waals surface area contributed by atoms with Crippen LogP contribution in [0.1, 0.15) is 17.2 Å². The molecule has 2 aromatic carbocycles. The lowest BCUT2D eigenvalue weighted by Crippen LogP contribution is -2.34. The van der Waals surface area contributed by atoms with Gasteiger partial charge in [0.2, 0.25) is 0 Å². The first-order chi connectivity index (χ1) is 10.8. The van der Waals surface area contributed by atoms with Crippen LogP contribution in [0.5, 0.6) is 0 Å². The molecule has 0 N–H and O–H groups in total. The average Bonchev–Trinajstić information content (AvgIpc) is 2.57. The highest BCUT2D eigenvalue weighted by atomic mass is 16.5. The van der Waals surface area contributed by atoms with Crippen molar-refractivity contribution in [3.05, 3.63) is 84.4 Å². The summed E-state index contributed by atoms with van der Waals surface area (Å²) in [6.07, 6.45) is 1.81. The second kappa shape index (κ2) is 8.15. The molecule has 1 unspecified atom stereocenters. The van der Waals surface area contributed by atoms with Crippen LogP contribution in [0.2, 0.25) is 0 Å². The highest BCUT2D eigenvalue weighted by Crippen LogP contribution is 2.24. The number of carbonyl (C=O) groups excluding carboxylic acids is 1. The highest BCUT2D eigenvalue weighted by Gasteiger charge is 2.27. The summed E-state index contributed by atoms with van der Waals surface area (Å²) in [5, 5.41) is 0. The smallest absolute Gasteiger partial charge is 0.327 e. The number of carbonyl (C=O) groups is 1. The number of esters is 1. The van der Waals surface area contributed by atoms with Gasteiger partial charge in [0.1, 0.15) is 6.04 Å². The van der Waals surface area contributed by atoms with E-state index in [1.165, 1.54) is 7.11 Å². The maximum atomic E-state index is 12.3. The van der Waals surface area contributed by atoms with Gasteiger partial charge in [-0.2, -0.15) is 0 Å². The molecule has 3 nitrogen and oxygen atoms in total. The number of rotatable bonds is 7. The van der Waals surface area contributed by atoms with Crippen LogP contribution >= 0.6 is 0 Å². The summed E-state index contributed by atoms with van der Waals surface area (Å²) in [6, 6.07) is 19.3. The largest absolute Gasteiger partial charge is 0.468 e. The zero-order valence-corrected chi connectivity index (χ0v) is 12.8. The summed E-state index contributed by atoms with van der Waals surface area (Å²) in [5.74, 6) is -0.260. The van der Waals surface area contributed by atoms with E-state index in [0.29, 0.717) is 13.1 Å². The fourth-order valence-corrected chi connectivity index (χ4v) is 2.49. The van der Waals surface area contributed by atoms with Crippen molar-refractivity contribution in [1.29, 1.82) is 0 Å². The highest BCUT2D eigenvalue weighted by molar-refractivity contribution is 5.77. The van der Waals surface area contributed by atoms with Gasteiger partial charge in [0.25, 0.3) is 0 Å². The average molecular weight is 295 g/mol. The van der Waals surface area contributed by atoms with E-state index < -0.39 is 6.04 Å². The Labute approximate surface area is 131 Å². The normalized spacial score (nSPS) is 11.9. The molecule has 0 amide bonds. The van der Waals surface area contributed by atoms with Gasteiger partial charge in [-0.1, -0.05) is 66.7 Å². The Morgan fingerprint density at radius 3 is 2.27 bits per heavy atom. The van der Waals surface area contributed by atoms with Crippen LogP contribution in [0, 0.1) is 0 Å². The Morgan fingerprint density at radius 2 is 1.73 bits per heavy atom. The predicted molar refractivity (Wildman–Crippen MR) is 88.2 cm³/mol. The fourth-order valence-electron chi connectivity index (χ4n) is 2.49. The standard InChI is InChI=1S/C19H21NO2/c1-3-14-20(15-16-10-6-4-7-11-16)18(19(21)22-2)17-12-8-5-9-13-17/h3-13,18H,1,14-15H2,2H3. The third-order valence-electron chi connectivity index (χ3n) is 3.50. The van der Waals surface area contributed by atoms with Crippen molar-refractivity contribution in [2.45, 2.75) is 12.6 Å². The summed E-state index contributed by atoms with van der Waals surface area (Å²) >= 11 is 0. The lowest BCUT2D eigenvalue weighted by molar-refractivity contribution is -0.147. The van der Waals surface area contributed by atoms with Crippen LogP contribution in [0.4, 0.5) is 0 Å². The molecular formula is C19H21NO2. The molecule has 0 aliphatic carbocycles. The van der Waals surface area contributed by atoms with E-state index in [9.17, 15) is 4.79 Å². The Hall–Kier alpha value is -2.39. The minimum absolute atomic E-state index is 0.260. The molecular weight excluding hydrogens is 274 g/mol. The lowest BCUT2D eigenvalue weighted by Gasteiger charge is -2.29. The zero-order chi connectivity index (χ0) is 15.8. The Kier molecular flexibility index (Phi) is 5.92. The van der Waals surface area contributed by atoms with Crippen molar-refractivity contribution in [3.8, 4) is 0 Å².